The van der Waals surface area contributed by atoms with Crippen LogP contribution in [0.4, 0.5) is 5.69 Å². The van der Waals surface area contributed by atoms with Crippen LogP contribution in [0, 0.1) is 17.0 Å². The van der Waals surface area contributed by atoms with Crippen molar-refractivity contribution >= 4 is 11.6 Å². The largest absolute Gasteiger partial charge is 0.480 e. The lowest BCUT2D eigenvalue weighted by atomic mass is 10.1. The molecule has 0 fully saturated rings. The number of rotatable bonds is 6. The predicted octanol–water partition coefficient (Wildman–Crippen LogP) is 1.44. The Hall–Kier alpha value is -2.15. The number of nitro groups is 1. The molecule has 19 heavy (non-hydrogen) atoms. The number of carbonyl (C=O) groups excluding carboxylic acids is 1. The molecule has 0 spiro atoms. The average molecular weight is 267 g/mol. The van der Waals surface area contributed by atoms with E-state index in [-0.39, 0.29) is 5.69 Å². The molecule has 0 aliphatic heterocycles. The molecule has 1 amide bonds. The summed E-state index contributed by atoms with van der Waals surface area (Å²) in [6.45, 7) is 3.48. The summed E-state index contributed by atoms with van der Waals surface area (Å²) in [5.74, 6) is 4.95. The van der Waals surface area contributed by atoms with Crippen LogP contribution < -0.4 is 16.0 Å². The number of nitrogens with one attached hydrogen (secondary N) is 1. The fraction of sp³-hybridized carbons (Fsp3) is 0.417. The number of nitrogens with zero attached hydrogens (tertiary/aromatic N) is 1. The Kier molecular flexibility index (Phi) is 5.25. The molecular formula is C12H17N3O4. The Morgan fingerprint density at radius 3 is 2.79 bits per heavy atom. The SMILES string of the molecule is CCCC(Oc1cccc([N+](=O)[O-])c1C)C(=O)NN. The van der Waals surface area contributed by atoms with Gasteiger partial charge in [-0.05, 0) is 19.4 Å². The first-order valence-electron chi connectivity index (χ1n) is 5.92. The highest BCUT2D eigenvalue weighted by atomic mass is 16.6. The Morgan fingerprint density at radius 2 is 2.26 bits per heavy atom. The van der Waals surface area contributed by atoms with E-state index in [9.17, 15) is 14.9 Å². The maximum Gasteiger partial charge on any atom is 0.276 e. The van der Waals surface area contributed by atoms with Crippen molar-refractivity contribution < 1.29 is 14.5 Å². The standard InChI is InChI=1S/C12H17N3O4/c1-3-5-11(12(16)14-13)19-10-7-4-6-9(8(10)2)15(17)18/h4,6-7,11H,3,5,13H2,1-2H3,(H,14,16). The molecule has 0 aromatic heterocycles. The van der Waals surface area contributed by atoms with E-state index in [2.05, 4.69) is 0 Å². The van der Waals surface area contributed by atoms with E-state index in [0.717, 1.165) is 6.42 Å². The minimum Gasteiger partial charge on any atom is -0.480 e. The van der Waals surface area contributed by atoms with Crippen LogP contribution in [-0.4, -0.2) is 16.9 Å². The fourth-order valence-corrected chi connectivity index (χ4v) is 1.68. The molecule has 0 radical (unpaired) electrons. The molecule has 1 aromatic carbocycles. The van der Waals surface area contributed by atoms with Crippen LogP contribution >= 0.6 is 0 Å². The van der Waals surface area contributed by atoms with E-state index in [4.69, 9.17) is 10.6 Å². The van der Waals surface area contributed by atoms with E-state index in [1.54, 1.807) is 13.0 Å². The molecule has 0 saturated heterocycles. The average Bonchev–Trinajstić information content (AvgIpc) is 2.39. The van der Waals surface area contributed by atoms with Gasteiger partial charge in [0.05, 0.1) is 10.5 Å². The van der Waals surface area contributed by atoms with Gasteiger partial charge in [-0.1, -0.05) is 19.4 Å². The topological polar surface area (TPSA) is 107 Å². The zero-order chi connectivity index (χ0) is 14.4. The van der Waals surface area contributed by atoms with E-state index in [1.807, 2.05) is 12.3 Å². The highest BCUT2D eigenvalue weighted by Crippen LogP contribution is 2.28. The molecule has 0 heterocycles. The van der Waals surface area contributed by atoms with Gasteiger partial charge in [0, 0.05) is 6.07 Å². The predicted molar refractivity (Wildman–Crippen MR) is 69.5 cm³/mol. The number of nitrogens with two attached hydrogens (primary N) is 1. The van der Waals surface area contributed by atoms with Crippen molar-refractivity contribution in [2.45, 2.75) is 32.8 Å². The molecule has 3 N–H and O–H groups in total. The Balaban J connectivity index is 2.99. The van der Waals surface area contributed by atoms with Crippen LogP contribution in [0.1, 0.15) is 25.3 Å². The highest BCUT2D eigenvalue weighted by molar-refractivity contribution is 5.80. The van der Waals surface area contributed by atoms with Gasteiger partial charge in [0.25, 0.3) is 11.6 Å². The summed E-state index contributed by atoms with van der Waals surface area (Å²) in [6, 6.07) is 4.50. The van der Waals surface area contributed by atoms with Crippen LogP contribution in [0.15, 0.2) is 18.2 Å². The van der Waals surface area contributed by atoms with Crippen molar-refractivity contribution in [3.05, 3.63) is 33.9 Å². The smallest absolute Gasteiger partial charge is 0.276 e. The van der Waals surface area contributed by atoms with E-state index in [1.165, 1.54) is 12.1 Å². The van der Waals surface area contributed by atoms with Crippen LogP contribution in [-0.2, 0) is 4.79 Å². The van der Waals surface area contributed by atoms with Crippen LogP contribution in [0.25, 0.3) is 0 Å². The zero-order valence-electron chi connectivity index (χ0n) is 10.9. The van der Waals surface area contributed by atoms with E-state index in [0.29, 0.717) is 17.7 Å². The summed E-state index contributed by atoms with van der Waals surface area (Å²) < 4.78 is 5.53. The molecule has 1 atom stereocenters. The fourth-order valence-electron chi connectivity index (χ4n) is 1.68. The number of hydrogen-bond acceptors (Lipinski definition) is 5. The lowest BCUT2D eigenvalue weighted by molar-refractivity contribution is -0.385. The summed E-state index contributed by atoms with van der Waals surface area (Å²) in [5.41, 5.74) is 2.38. The summed E-state index contributed by atoms with van der Waals surface area (Å²) in [6.07, 6.45) is 0.452. The minimum atomic E-state index is -0.754. The maximum absolute atomic E-state index is 11.5. The van der Waals surface area contributed by atoms with E-state index < -0.39 is 16.9 Å². The van der Waals surface area contributed by atoms with Gasteiger partial charge in [0.1, 0.15) is 5.75 Å². The van der Waals surface area contributed by atoms with Gasteiger partial charge >= 0.3 is 0 Å². The lowest BCUT2D eigenvalue weighted by Gasteiger charge is -2.18. The van der Waals surface area contributed by atoms with Crippen LogP contribution in [0.3, 0.4) is 0 Å². The van der Waals surface area contributed by atoms with Gasteiger partial charge in [0.15, 0.2) is 6.10 Å². The van der Waals surface area contributed by atoms with Gasteiger partial charge in [-0.3, -0.25) is 20.3 Å². The molecule has 0 saturated carbocycles. The third-order valence-corrected chi connectivity index (χ3v) is 2.71. The number of ether oxygens (including phenoxy) is 1. The minimum absolute atomic E-state index is 0.0408. The van der Waals surface area contributed by atoms with Gasteiger partial charge in [-0.2, -0.15) is 0 Å². The van der Waals surface area contributed by atoms with Gasteiger partial charge < -0.3 is 4.74 Å². The summed E-state index contributed by atoms with van der Waals surface area (Å²) in [5, 5.41) is 10.8. The lowest BCUT2D eigenvalue weighted by Crippen LogP contribution is -2.42. The van der Waals surface area contributed by atoms with Crippen LogP contribution in [0.2, 0.25) is 0 Å². The third kappa shape index (κ3) is 3.65. The van der Waals surface area contributed by atoms with Gasteiger partial charge in [-0.25, -0.2) is 5.84 Å². The number of hydrazine groups is 1. The zero-order valence-corrected chi connectivity index (χ0v) is 10.9. The van der Waals surface area contributed by atoms with Gasteiger partial charge in [0.2, 0.25) is 0 Å². The number of benzene rings is 1. The van der Waals surface area contributed by atoms with Gasteiger partial charge in [-0.15, -0.1) is 0 Å². The molecule has 1 aromatic rings. The number of carbonyl (C=O) groups is 1. The Bertz CT molecular complexity index is 476. The first-order chi connectivity index (χ1) is 9.01. The molecule has 1 rings (SSSR count). The summed E-state index contributed by atoms with van der Waals surface area (Å²) in [7, 11) is 0. The Labute approximate surface area is 110 Å². The molecule has 0 aliphatic rings. The molecule has 0 bridgehead atoms. The number of amides is 1. The number of nitro benzene ring substituents is 1. The maximum atomic E-state index is 11.5. The van der Waals surface area contributed by atoms with Crippen molar-refractivity contribution in [2.75, 3.05) is 0 Å². The molecule has 1 unspecified atom stereocenters. The second-order valence-corrected chi connectivity index (χ2v) is 4.06. The van der Waals surface area contributed by atoms with Crippen molar-refractivity contribution in [2.24, 2.45) is 5.84 Å². The molecular weight excluding hydrogens is 250 g/mol. The van der Waals surface area contributed by atoms with Crippen LogP contribution in [0.5, 0.6) is 5.75 Å². The van der Waals surface area contributed by atoms with Crippen molar-refractivity contribution in [3.8, 4) is 5.75 Å². The molecule has 7 nitrogen and oxygen atoms in total. The quantitative estimate of drug-likeness (QED) is 0.351. The third-order valence-electron chi connectivity index (χ3n) is 2.71. The summed E-state index contributed by atoms with van der Waals surface area (Å²) >= 11 is 0. The second kappa shape index (κ2) is 6.69. The first kappa shape index (κ1) is 14.9. The first-order valence-corrected chi connectivity index (χ1v) is 5.92. The highest BCUT2D eigenvalue weighted by Gasteiger charge is 2.21. The normalized spacial score (nSPS) is 11.7. The summed E-state index contributed by atoms with van der Waals surface area (Å²) in [4.78, 5) is 21.9. The monoisotopic (exact) mass is 267 g/mol. The van der Waals surface area contributed by atoms with E-state index >= 15 is 0 Å². The molecule has 104 valence electrons. The molecule has 7 heteroatoms. The number of hydrogen-bond donors (Lipinski definition) is 2. The van der Waals surface area contributed by atoms with Crippen molar-refractivity contribution in [1.29, 1.82) is 0 Å². The Morgan fingerprint density at radius 1 is 1.58 bits per heavy atom. The molecule has 0 aliphatic carbocycles. The van der Waals surface area contributed by atoms with Crippen molar-refractivity contribution in [3.63, 3.8) is 0 Å². The van der Waals surface area contributed by atoms with Crippen molar-refractivity contribution in [1.82, 2.24) is 5.43 Å². The second-order valence-electron chi connectivity index (χ2n) is 4.06.